The number of aliphatic hydroxyl groups is 5. The van der Waals surface area contributed by atoms with Gasteiger partial charge in [-0.05, 0) is 51.4 Å². The molecule has 0 spiro atoms. The van der Waals surface area contributed by atoms with Gasteiger partial charge in [-0.1, -0.05) is 269 Å². The summed E-state index contributed by atoms with van der Waals surface area (Å²) >= 11 is 0. The van der Waals surface area contributed by atoms with Gasteiger partial charge in [-0.15, -0.1) is 0 Å². The van der Waals surface area contributed by atoms with E-state index in [1.165, 1.54) is 193 Å². The van der Waals surface area contributed by atoms with Crippen LogP contribution in [0.15, 0.2) is 36.5 Å². The van der Waals surface area contributed by atoms with Crippen molar-refractivity contribution in [1.82, 2.24) is 5.32 Å². The van der Waals surface area contributed by atoms with Crippen LogP contribution in [0.4, 0.5) is 0 Å². The molecule has 0 aromatic heterocycles. The van der Waals surface area contributed by atoms with Gasteiger partial charge in [-0.25, -0.2) is 0 Å². The van der Waals surface area contributed by atoms with Gasteiger partial charge in [-0.2, -0.15) is 0 Å². The molecule has 1 fully saturated rings. The summed E-state index contributed by atoms with van der Waals surface area (Å²) in [4.78, 5) is 25.0. The van der Waals surface area contributed by atoms with E-state index in [4.69, 9.17) is 14.2 Å². The second-order valence-electron chi connectivity index (χ2n) is 22.1. The average Bonchev–Trinajstić information content (AvgIpc) is 3.41. The lowest BCUT2D eigenvalue weighted by molar-refractivity contribution is -0.302. The van der Waals surface area contributed by atoms with Crippen molar-refractivity contribution in [3.63, 3.8) is 0 Å². The molecule has 0 aliphatic carbocycles. The molecule has 0 bridgehead atoms. The van der Waals surface area contributed by atoms with Gasteiger partial charge in [0.05, 0.1) is 32.0 Å². The number of esters is 1. The zero-order valence-electron chi connectivity index (χ0n) is 48.5. The number of ether oxygens (including phenoxy) is 3. The fraction of sp³-hybridized carbons (Fsp3) is 0.875. The zero-order chi connectivity index (χ0) is 54.5. The molecule has 7 unspecified atom stereocenters. The number of carbonyl (C=O) groups excluding carboxylic acids is 2. The molecule has 1 amide bonds. The highest BCUT2D eigenvalue weighted by atomic mass is 16.7. The Bertz CT molecular complexity index is 1340. The second-order valence-corrected chi connectivity index (χ2v) is 22.1. The van der Waals surface area contributed by atoms with Crippen LogP contribution >= 0.6 is 0 Å². The van der Waals surface area contributed by atoms with Gasteiger partial charge in [0.15, 0.2) is 6.29 Å². The molecule has 0 aromatic rings. The summed E-state index contributed by atoms with van der Waals surface area (Å²) in [6.45, 7) is 4.26. The minimum Gasteiger partial charge on any atom is -0.466 e. The summed E-state index contributed by atoms with van der Waals surface area (Å²) in [5.41, 5.74) is 0. The fourth-order valence-corrected chi connectivity index (χ4v) is 9.95. The predicted molar refractivity (Wildman–Crippen MR) is 311 cm³/mol. The first-order chi connectivity index (χ1) is 36.7. The van der Waals surface area contributed by atoms with Crippen LogP contribution in [-0.4, -0.2) is 100 Å². The first-order valence-corrected chi connectivity index (χ1v) is 31.8. The number of hydrogen-bond donors (Lipinski definition) is 6. The summed E-state index contributed by atoms with van der Waals surface area (Å²) in [6.07, 6.45) is 56.9. The van der Waals surface area contributed by atoms with E-state index in [0.29, 0.717) is 19.4 Å². The normalized spacial score (nSPS) is 18.9. The Hall–Kier alpha value is -2.12. The minimum atomic E-state index is -1.58. The Labute approximate surface area is 460 Å². The van der Waals surface area contributed by atoms with Gasteiger partial charge in [0.2, 0.25) is 5.91 Å². The Morgan fingerprint density at radius 3 is 1.29 bits per heavy atom. The lowest BCUT2D eigenvalue weighted by atomic mass is 9.99. The Morgan fingerprint density at radius 2 is 0.867 bits per heavy atom. The summed E-state index contributed by atoms with van der Waals surface area (Å²) in [7, 11) is 0. The predicted octanol–water partition coefficient (Wildman–Crippen LogP) is 15.1. The van der Waals surface area contributed by atoms with Crippen LogP contribution in [0.25, 0.3) is 0 Å². The van der Waals surface area contributed by atoms with Gasteiger partial charge < -0.3 is 45.1 Å². The average molecular weight is 1060 g/mol. The zero-order valence-corrected chi connectivity index (χ0v) is 48.5. The molecular formula is C64H119NO10. The summed E-state index contributed by atoms with van der Waals surface area (Å²) in [6, 6.07) is -0.832. The Kier molecular flexibility index (Phi) is 50.9. The van der Waals surface area contributed by atoms with Crippen molar-refractivity contribution in [3.8, 4) is 0 Å². The van der Waals surface area contributed by atoms with Crippen LogP contribution in [0.5, 0.6) is 0 Å². The van der Waals surface area contributed by atoms with Gasteiger partial charge in [0.25, 0.3) is 0 Å². The molecule has 11 nitrogen and oxygen atoms in total. The maximum absolute atomic E-state index is 13.0. The standard InChI is InChI=1S/C64H119NO10/c1-3-5-7-9-11-13-30-34-38-42-46-50-57(67)56(55-74-64-63(72)62(71)61(70)58(54-66)75-64)65-59(68)51-47-43-39-35-32-28-26-24-22-20-18-16-15-17-19-21-23-25-27-29-33-37-41-45-49-53-73-60(69)52-48-44-40-36-31-14-12-10-8-6-4-2/h7,9,30,34,46,50,56-58,61-64,66-67,70-72H,3-6,8,10-29,31-33,35-45,47-49,51-55H2,1-2H3,(H,65,68)/b9-7+,34-30+,50-46+. The van der Waals surface area contributed by atoms with E-state index in [2.05, 4.69) is 43.5 Å². The van der Waals surface area contributed by atoms with Crippen molar-refractivity contribution in [3.05, 3.63) is 36.5 Å². The highest BCUT2D eigenvalue weighted by Crippen LogP contribution is 2.23. The van der Waals surface area contributed by atoms with Gasteiger partial charge in [-0.3, -0.25) is 9.59 Å². The molecule has 6 N–H and O–H groups in total. The van der Waals surface area contributed by atoms with E-state index in [1.807, 2.05) is 6.08 Å². The molecule has 0 radical (unpaired) electrons. The van der Waals surface area contributed by atoms with Crippen molar-refractivity contribution >= 4 is 11.9 Å². The van der Waals surface area contributed by atoms with Crippen LogP contribution in [0, 0.1) is 0 Å². The van der Waals surface area contributed by atoms with Gasteiger partial charge in [0, 0.05) is 12.8 Å². The number of carbonyl (C=O) groups is 2. The smallest absolute Gasteiger partial charge is 0.305 e. The van der Waals surface area contributed by atoms with E-state index >= 15 is 0 Å². The van der Waals surface area contributed by atoms with Crippen molar-refractivity contribution in [2.75, 3.05) is 19.8 Å². The summed E-state index contributed by atoms with van der Waals surface area (Å²) in [5.74, 6) is -0.191. The molecule has 1 aliphatic rings. The Morgan fingerprint density at radius 1 is 0.480 bits per heavy atom. The molecule has 1 aliphatic heterocycles. The van der Waals surface area contributed by atoms with E-state index in [9.17, 15) is 35.1 Å². The third kappa shape index (κ3) is 43.4. The first kappa shape index (κ1) is 70.9. The quantitative estimate of drug-likeness (QED) is 0.0195. The third-order valence-corrected chi connectivity index (χ3v) is 15.0. The summed E-state index contributed by atoms with van der Waals surface area (Å²) < 4.78 is 16.7. The molecular weight excluding hydrogens is 943 g/mol. The molecule has 1 heterocycles. The largest absolute Gasteiger partial charge is 0.466 e. The molecule has 7 atom stereocenters. The van der Waals surface area contributed by atoms with Crippen molar-refractivity contribution < 1.29 is 49.3 Å². The van der Waals surface area contributed by atoms with E-state index in [0.717, 1.165) is 77.0 Å². The number of amides is 1. The minimum absolute atomic E-state index is 0.00482. The molecule has 440 valence electrons. The molecule has 1 saturated heterocycles. The number of aliphatic hydroxyl groups excluding tert-OH is 5. The van der Waals surface area contributed by atoms with Crippen molar-refractivity contribution in [2.24, 2.45) is 0 Å². The lowest BCUT2D eigenvalue weighted by Gasteiger charge is -2.40. The van der Waals surface area contributed by atoms with Gasteiger partial charge in [0.1, 0.15) is 24.4 Å². The second kappa shape index (κ2) is 53.9. The highest BCUT2D eigenvalue weighted by molar-refractivity contribution is 5.76. The number of allylic oxidation sites excluding steroid dienone is 5. The van der Waals surface area contributed by atoms with E-state index < -0.39 is 49.5 Å². The highest BCUT2D eigenvalue weighted by Gasteiger charge is 2.44. The number of rotatable bonds is 55. The molecule has 0 aromatic carbocycles. The molecule has 75 heavy (non-hydrogen) atoms. The first-order valence-electron chi connectivity index (χ1n) is 31.8. The topological polar surface area (TPSA) is 175 Å². The van der Waals surface area contributed by atoms with E-state index in [1.54, 1.807) is 6.08 Å². The maximum Gasteiger partial charge on any atom is 0.305 e. The van der Waals surface area contributed by atoms with Crippen LogP contribution in [0.2, 0.25) is 0 Å². The maximum atomic E-state index is 13.0. The fourth-order valence-electron chi connectivity index (χ4n) is 9.95. The monoisotopic (exact) mass is 1060 g/mol. The third-order valence-electron chi connectivity index (χ3n) is 15.0. The molecule has 1 rings (SSSR count). The van der Waals surface area contributed by atoms with Crippen LogP contribution in [0.3, 0.4) is 0 Å². The van der Waals surface area contributed by atoms with Gasteiger partial charge >= 0.3 is 5.97 Å². The molecule has 11 heteroatoms. The van der Waals surface area contributed by atoms with E-state index in [-0.39, 0.29) is 18.5 Å². The van der Waals surface area contributed by atoms with Crippen LogP contribution < -0.4 is 5.32 Å². The van der Waals surface area contributed by atoms with Crippen molar-refractivity contribution in [1.29, 1.82) is 0 Å². The van der Waals surface area contributed by atoms with Crippen LogP contribution in [-0.2, 0) is 23.8 Å². The van der Waals surface area contributed by atoms with Crippen molar-refractivity contribution in [2.45, 2.75) is 339 Å². The summed E-state index contributed by atoms with van der Waals surface area (Å²) in [5, 5.41) is 54.3. The van der Waals surface area contributed by atoms with Crippen LogP contribution in [0.1, 0.15) is 296 Å². The number of unbranched alkanes of at least 4 members (excludes halogenated alkanes) is 37. The number of hydrogen-bond acceptors (Lipinski definition) is 10. The SMILES string of the molecule is CCC/C=C/CC/C=C/CC/C=C/C(O)C(COC1OC(CO)C(O)C(O)C1O)NC(=O)CCCCCCCCCCCCCCCCCCCCCCCCCCCOC(=O)CCCCCCCCCCCCC. The lowest BCUT2D eigenvalue weighted by Crippen LogP contribution is -2.60. The molecule has 0 saturated carbocycles. The number of nitrogens with one attached hydrogen (secondary N) is 1. The Balaban J connectivity index is 2.00.